The Morgan fingerprint density at radius 1 is 1.19 bits per heavy atom. The van der Waals surface area contributed by atoms with Crippen molar-refractivity contribution >= 4 is 11.3 Å². The SMILES string of the molecule is COCCc1nc(-c2csc(CN(C)C)n2)n(Cc2ccccc2C)n1. The van der Waals surface area contributed by atoms with Crippen LogP contribution in [0, 0.1) is 6.92 Å². The summed E-state index contributed by atoms with van der Waals surface area (Å²) in [7, 11) is 5.79. The first-order valence-corrected chi connectivity index (χ1v) is 9.51. The molecule has 2 heterocycles. The van der Waals surface area contributed by atoms with Gasteiger partial charge in [0.2, 0.25) is 0 Å². The first-order valence-electron chi connectivity index (χ1n) is 8.63. The molecule has 0 aliphatic heterocycles. The predicted octanol–water partition coefficient (Wildman–Crippen LogP) is 3.01. The summed E-state index contributed by atoms with van der Waals surface area (Å²) in [6.07, 6.45) is 0.693. The number of benzene rings is 1. The molecule has 6 nitrogen and oxygen atoms in total. The van der Waals surface area contributed by atoms with Gasteiger partial charge in [0.05, 0.1) is 13.2 Å². The molecule has 0 aliphatic rings. The minimum absolute atomic E-state index is 0.608. The number of thiazole rings is 1. The van der Waals surface area contributed by atoms with Crippen LogP contribution in [0.15, 0.2) is 29.6 Å². The number of aryl methyl sites for hydroxylation is 1. The molecule has 0 amide bonds. The summed E-state index contributed by atoms with van der Waals surface area (Å²) in [5, 5.41) is 7.85. The third-order valence-electron chi connectivity index (χ3n) is 4.06. The average molecular weight is 372 g/mol. The minimum Gasteiger partial charge on any atom is -0.384 e. The van der Waals surface area contributed by atoms with E-state index < -0.39 is 0 Å². The Labute approximate surface area is 158 Å². The van der Waals surface area contributed by atoms with Crippen molar-refractivity contribution in [3.8, 4) is 11.5 Å². The third kappa shape index (κ3) is 4.55. The Morgan fingerprint density at radius 2 is 2.00 bits per heavy atom. The highest BCUT2D eigenvalue weighted by molar-refractivity contribution is 7.09. The second-order valence-corrected chi connectivity index (χ2v) is 7.49. The average Bonchev–Trinajstić information content (AvgIpc) is 3.21. The topological polar surface area (TPSA) is 56.1 Å². The van der Waals surface area contributed by atoms with Crippen LogP contribution in [0.25, 0.3) is 11.5 Å². The number of aromatic nitrogens is 4. The summed E-state index contributed by atoms with van der Waals surface area (Å²) in [4.78, 5) is 11.6. The van der Waals surface area contributed by atoms with E-state index in [4.69, 9.17) is 19.8 Å². The van der Waals surface area contributed by atoms with Crippen molar-refractivity contribution in [1.29, 1.82) is 0 Å². The zero-order chi connectivity index (χ0) is 18.5. The highest BCUT2D eigenvalue weighted by atomic mass is 32.1. The van der Waals surface area contributed by atoms with Gasteiger partial charge in [0.15, 0.2) is 11.6 Å². The monoisotopic (exact) mass is 371 g/mol. The van der Waals surface area contributed by atoms with Crippen LogP contribution in [0.4, 0.5) is 0 Å². The molecular formula is C19H25N5OS. The summed E-state index contributed by atoms with van der Waals surface area (Å²) in [5.74, 6) is 1.61. The minimum atomic E-state index is 0.608. The molecule has 0 spiro atoms. The van der Waals surface area contributed by atoms with Crippen molar-refractivity contribution in [2.45, 2.75) is 26.4 Å². The fourth-order valence-corrected chi connectivity index (χ4v) is 3.58. The third-order valence-corrected chi connectivity index (χ3v) is 4.89. The maximum absolute atomic E-state index is 5.18. The predicted molar refractivity (Wildman–Crippen MR) is 104 cm³/mol. The van der Waals surface area contributed by atoms with Gasteiger partial charge in [-0.05, 0) is 32.1 Å². The van der Waals surface area contributed by atoms with Gasteiger partial charge in [0, 0.05) is 25.5 Å². The van der Waals surface area contributed by atoms with E-state index in [2.05, 4.69) is 41.5 Å². The number of rotatable bonds is 8. The van der Waals surface area contributed by atoms with Gasteiger partial charge in [-0.25, -0.2) is 14.6 Å². The van der Waals surface area contributed by atoms with Gasteiger partial charge in [-0.3, -0.25) is 0 Å². The molecule has 0 atom stereocenters. The molecule has 3 aromatic rings. The van der Waals surface area contributed by atoms with Crippen molar-refractivity contribution in [2.75, 3.05) is 27.8 Å². The van der Waals surface area contributed by atoms with E-state index >= 15 is 0 Å². The van der Waals surface area contributed by atoms with Crippen LogP contribution in [0.3, 0.4) is 0 Å². The number of ether oxygens (including phenoxy) is 1. The van der Waals surface area contributed by atoms with Crippen molar-refractivity contribution in [2.24, 2.45) is 0 Å². The van der Waals surface area contributed by atoms with E-state index in [1.54, 1.807) is 18.4 Å². The van der Waals surface area contributed by atoms with Gasteiger partial charge >= 0.3 is 0 Å². The molecule has 0 saturated heterocycles. The second kappa shape index (κ2) is 8.53. The highest BCUT2D eigenvalue weighted by Crippen LogP contribution is 2.23. The van der Waals surface area contributed by atoms with Crippen molar-refractivity contribution in [3.63, 3.8) is 0 Å². The van der Waals surface area contributed by atoms with Gasteiger partial charge in [0.25, 0.3) is 0 Å². The van der Waals surface area contributed by atoms with Crippen LogP contribution >= 0.6 is 11.3 Å². The Morgan fingerprint density at radius 3 is 2.73 bits per heavy atom. The van der Waals surface area contributed by atoms with E-state index in [1.165, 1.54) is 11.1 Å². The Hall–Kier alpha value is -2.09. The summed E-state index contributed by atoms with van der Waals surface area (Å²) < 4.78 is 7.14. The molecule has 0 fully saturated rings. The lowest BCUT2D eigenvalue weighted by Crippen LogP contribution is -2.10. The molecule has 0 saturated carbocycles. The summed E-state index contributed by atoms with van der Waals surface area (Å²) in [5.41, 5.74) is 3.37. The lowest BCUT2D eigenvalue weighted by atomic mass is 10.1. The summed E-state index contributed by atoms with van der Waals surface area (Å²) >= 11 is 1.66. The Bertz CT molecular complexity index is 855. The number of hydrogen-bond donors (Lipinski definition) is 0. The van der Waals surface area contributed by atoms with Crippen molar-refractivity contribution < 1.29 is 4.74 Å². The van der Waals surface area contributed by atoms with Crippen LogP contribution in [0.2, 0.25) is 0 Å². The second-order valence-electron chi connectivity index (χ2n) is 6.54. The fraction of sp³-hybridized carbons (Fsp3) is 0.421. The molecule has 0 radical (unpaired) electrons. The van der Waals surface area contributed by atoms with Crippen LogP contribution in [-0.4, -0.2) is 52.5 Å². The number of nitrogens with zero attached hydrogens (tertiary/aromatic N) is 5. The van der Waals surface area contributed by atoms with E-state index in [-0.39, 0.29) is 0 Å². The largest absolute Gasteiger partial charge is 0.384 e. The van der Waals surface area contributed by atoms with Gasteiger partial charge in [-0.15, -0.1) is 11.3 Å². The molecule has 26 heavy (non-hydrogen) atoms. The molecule has 0 bridgehead atoms. The number of hydrogen-bond acceptors (Lipinski definition) is 6. The first kappa shape index (κ1) is 18.7. The van der Waals surface area contributed by atoms with Gasteiger partial charge < -0.3 is 9.64 Å². The van der Waals surface area contributed by atoms with Crippen LogP contribution in [0.1, 0.15) is 22.0 Å². The quantitative estimate of drug-likeness (QED) is 0.609. The van der Waals surface area contributed by atoms with E-state index in [9.17, 15) is 0 Å². The zero-order valence-electron chi connectivity index (χ0n) is 15.8. The van der Waals surface area contributed by atoms with Gasteiger partial charge in [0.1, 0.15) is 10.7 Å². The van der Waals surface area contributed by atoms with Crippen LogP contribution < -0.4 is 0 Å². The van der Waals surface area contributed by atoms with Crippen molar-refractivity contribution in [1.82, 2.24) is 24.6 Å². The Balaban J connectivity index is 1.93. The highest BCUT2D eigenvalue weighted by Gasteiger charge is 2.16. The first-order chi connectivity index (χ1) is 12.6. The normalized spacial score (nSPS) is 11.4. The molecule has 7 heteroatoms. The lowest BCUT2D eigenvalue weighted by Gasteiger charge is -2.07. The van der Waals surface area contributed by atoms with Crippen LogP contribution in [-0.2, 0) is 24.2 Å². The van der Waals surface area contributed by atoms with Gasteiger partial charge in [-0.1, -0.05) is 24.3 Å². The van der Waals surface area contributed by atoms with Crippen molar-refractivity contribution in [3.05, 3.63) is 51.6 Å². The molecule has 2 aromatic heterocycles. The molecule has 0 aliphatic carbocycles. The van der Waals surface area contributed by atoms with Crippen LogP contribution in [0.5, 0.6) is 0 Å². The molecule has 3 rings (SSSR count). The summed E-state index contributed by atoms with van der Waals surface area (Å²) in [6, 6.07) is 8.37. The van der Waals surface area contributed by atoms with Gasteiger partial charge in [-0.2, -0.15) is 5.10 Å². The molecule has 0 N–H and O–H groups in total. The maximum Gasteiger partial charge on any atom is 0.178 e. The van der Waals surface area contributed by atoms with E-state index in [0.29, 0.717) is 19.6 Å². The van der Waals surface area contributed by atoms with E-state index in [1.807, 2.05) is 18.8 Å². The molecular weight excluding hydrogens is 346 g/mol. The lowest BCUT2D eigenvalue weighted by molar-refractivity contribution is 0.200. The standard InChI is InChI=1S/C19H25N5OS/c1-14-7-5-6-8-15(14)11-24-19(21-17(22-24)9-10-25-4)16-13-26-18(20-16)12-23(2)3/h5-8,13H,9-12H2,1-4H3. The van der Waals surface area contributed by atoms with E-state index in [0.717, 1.165) is 28.9 Å². The number of methoxy groups -OCH3 is 1. The molecule has 0 unspecified atom stereocenters. The molecule has 138 valence electrons. The fourth-order valence-electron chi connectivity index (χ4n) is 2.69. The smallest absolute Gasteiger partial charge is 0.178 e. The summed E-state index contributed by atoms with van der Waals surface area (Å²) in [6.45, 7) is 4.24. The maximum atomic E-state index is 5.18. The Kier molecular flexibility index (Phi) is 6.13. The zero-order valence-corrected chi connectivity index (χ0v) is 16.6. The molecule has 1 aromatic carbocycles.